The lowest BCUT2D eigenvalue weighted by atomic mass is 9.98. The van der Waals surface area contributed by atoms with Crippen molar-refractivity contribution in [3.63, 3.8) is 0 Å². The van der Waals surface area contributed by atoms with Crippen molar-refractivity contribution >= 4 is 0 Å². The van der Waals surface area contributed by atoms with Gasteiger partial charge in [0.05, 0.1) is 12.7 Å². The Morgan fingerprint density at radius 1 is 1.35 bits per heavy atom. The molecule has 1 aliphatic carbocycles. The second-order valence-electron chi connectivity index (χ2n) is 5.76. The zero-order valence-corrected chi connectivity index (χ0v) is 11.6. The van der Waals surface area contributed by atoms with Gasteiger partial charge in [0.25, 0.3) is 0 Å². The number of rotatable bonds is 5. The monoisotopic (exact) mass is 240 g/mol. The van der Waals surface area contributed by atoms with E-state index >= 15 is 0 Å². The van der Waals surface area contributed by atoms with Crippen LogP contribution in [0.5, 0.6) is 0 Å². The SMILES string of the molecule is CCNCC(C(C)C)N1CCOC2CCCC21. The van der Waals surface area contributed by atoms with E-state index in [9.17, 15) is 0 Å². The number of hydrogen-bond acceptors (Lipinski definition) is 3. The van der Waals surface area contributed by atoms with Crippen LogP contribution in [0.25, 0.3) is 0 Å². The van der Waals surface area contributed by atoms with Crippen LogP contribution in [0.4, 0.5) is 0 Å². The summed E-state index contributed by atoms with van der Waals surface area (Å²) < 4.78 is 5.90. The molecule has 2 rings (SSSR count). The van der Waals surface area contributed by atoms with Gasteiger partial charge in [-0.3, -0.25) is 4.90 Å². The molecule has 0 radical (unpaired) electrons. The maximum atomic E-state index is 5.90. The predicted octanol–water partition coefficient (Wildman–Crippen LogP) is 1.87. The van der Waals surface area contributed by atoms with E-state index in [2.05, 4.69) is 31.0 Å². The van der Waals surface area contributed by atoms with Crippen LogP contribution in [0.1, 0.15) is 40.0 Å². The molecule has 17 heavy (non-hydrogen) atoms. The maximum absolute atomic E-state index is 5.90. The molecule has 1 aliphatic heterocycles. The summed E-state index contributed by atoms with van der Waals surface area (Å²) >= 11 is 0. The summed E-state index contributed by atoms with van der Waals surface area (Å²) in [7, 11) is 0. The van der Waals surface area contributed by atoms with E-state index in [0.29, 0.717) is 24.1 Å². The van der Waals surface area contributed by atoms with E-state index in [1.54, 1.807) is 0 Å². The highest BCUT2D eigenvalue weighted by molar-refractivity contribution is 4.93. The number of ether oxygens (including phenoxy) is 1. The number of likely N-dealkylation sites (N-methyl/N-ethyl adjacent to an activating group) is 1. The minimum Gasteiger partial charge on any atom is -0.375 e. The Labute approximate surface area is 106 Å². The highest BCUT2D eigenvalue weighted by Gasteiger charge is 2.39. The highest BCUT2D eigenvalue weighted by Crippen LogP contribution is 2.32. The average Bonchev–Trinajstić information content (AvgIpc) is 2.77. The van der Waals surface area contributed by atoms with Crippen molar-refractivity contribution in [3.8, 4) is 0 Å². The van der Waals surface area contributed by atoms with Gasteiger partial charge in [0.1, 0.15) is 0 Å². The van der Waals surface area contributed by atoms with E-state index in [4.69, 9.17) is 4.74 Å². The fraction of sp³-hybridized carbons (Fsp3) is 1.00. The van der Waals surface area contributed by atoms with Crippen LogP contribution in [-0.4, -0.2) is 49.3 Å². The van der Waals surface area contributed by atoms with Crippen molar-refractivity contribution in [1.82, 2.24) is 10.2 Å². The zero-order valence-electron chi connectivity index (χ0n) is 11.6. The topological polar surface area (TPSA) is 24.5 Å². The highest BCUT2D eigenvalue weighted by atomic mass is 16.5. The Hall–Kier alpha value is -0.120. The van der Waals surface area contributed by atoms with Gasteiger partial charge in [-0.05, 0) is 31.7 Å². The third-order valence-corrected chi connectivity index (χ3v) is 4.32. The molecule has 0 bridgehead atoms. The van der Waals surface area contributed by atoms with Gasteiger partial charge in [0, 0.05) is 25.2 Å². The normalized spacial score (nSPS) is 31.8. The summed E-state index contributed by atoms with van der Waals surface area (Å²) in [5, 5.41) is 3.52. The maximum Gasteiger partial charge on any atom is 0.0731 e. The molecule has 0 aromatic carbocycles. The van der Waals surface area contributed by atoms with Gasteiger partial charge in [-0.15, -0.1) is 0 Å². The van der Waals surface area contributed by atoms with Crippen molar-refractivity contribution in [1.29, 1.82) is 0 Å². The predicted molar refractivity (Wildman–Crippen MR) is 71.3 cm³/mol. The van der Waals surface area contributed by atoms with Gasteiger partial charge in [-0.2, -0.15) is 0 Å². The zero-order chi connectivity index (χ0) is 12.3. The van der Waals surface area contributed by atoms with E-state index in [1.165, 1.54) is 19.3 Å². The molecule has 3 unspecified atom stereocenters. The minimum absolute atomic E-state index is 0.520. The number of morpholine rings is 1. The van der Waals surface area contributed by atoms with Gasteiger partial charge in [-0.1, -0.05) is 20.8 Å². The van der Waals surface area contributed by atoms with Crippen molar-refractivity contribution in [2.45, 2.75) is 58.2 Å². The molecular weight excluding hydrogens is 212 g/mol. The lowest BCUT2D eigenvalue weighted by Crippen LogP contribution is -2.57. The van der Waals surface area contributed by atoms with Crippen molar-refractivity contribution in [3.05, 3.63) is 0 Å². The van der Waals surface area contributed by atoms with Crippen LogP contribution in [0.3, 0.4) is 0 Å². The van der Waals surface area contributed by atoms with E-state index in [1.807, 2.05) is 0 Å². The molecule has 1 heterocycles. The summed E-state index contributed by atoms with van der Waals surface area (Å²) in [5.41, 5.74) is 0. The van der Waals surface area contributed by atoms with Crippen LogP contribution >= 0.6 is 0 Å². The Balaban J connectivity index is 2.00. The van der Waals surface area contributed by atoms with Crippen molar-refractivity contribution in [2.75, 3.05) is 26.2 Å². The fourth-order valence-electron chi connectivity index (χ4n) is 3.40. The first kappa shape index (κ1) is 13.3. The standard InChI is InChI=1S/C14H28N2O/c1-4-15-10-13(11(2)3)16-8-9-17-14-7-5-6-12(14)16/h11-15H,4-10H2,1-3H3. The molecule has 3 nitrogen and oxygen atoms in total. The van der Waals surface area contributed by atoms with Crippen LogP contribution in [-0.2, 0) is 4.74 Å². The molecule has 1 saturated heterocycles. The Bertz CT molecular complexity index is 232. The molecule has 1 N–H and O–H groups in total. The van der Waals surface area contributed by atoms with Gasteiger partial charge in [0.2, 0.25) is 0 Å². The Morgan fingerprint density at radius 2 is 2.18 bits per heavy atom. The molecule has 100 valence electrons. The summed E-state index contributed by atoms with van der Waals surface area (Å²) in [4.78, 5) is 2.73. The van der Waals surface area contributed by atoms with Gasteiger partial charge in [-0.25, -0.2) is 0 Å². The quantitative estimate of drug-likeness (QED) is 0.794. The van der Waals surface area contributed by atoms with Crippen LogP contribution in [0, 0.1) is 5.92 Å². The molecule has 0 spiro atoms. The second-order valence-corrected chi connectivity index (χ2v) is 5.76. The Kier molecular flexibility index (Phi) is 4.83. The fourth-order valence-corrected chi connectivity index (χ4v) is 3.40. The van der Waals surface area contributed by atoms with E-state index in [0.717, 1.165) is 26.2 Å². The molecule has 0 aromatic heterocycles. The number of nitrogens with zero attached hydrogens (tertiary/aromatic N) is 1. The van der Waals surface area contributed by atoms with Crippen LogP contribution in [0.2, 0.25) is 0 Å². The Morgan fingerprint density at radius 3 is 2.88 bits per heavy atom. The molecular formula is C14H28N2O. The largest absolute Gasteiger partial charge is 0.375 e. The second kappa shape index (κ2) is 6.17. The summed E-state index contributed by atoms with van der Waals surface area (Å²) in [6, 6.07) is 1.36. The van der Waals surface area contributed by atoms with E-state index in [-0.39, 0.29) is 0 Å². The molecule has 3 atom stereocenters. The molecule has 2 fully saturated rings. The molecule has 1 saturated carbocycles. The molecule has 2 aliphatic rings. The lowest BCUT2D eigenvalue weighted by Gasteiger charge is -2.44. The summed E-state index contributed by atoms with van der Waals surface area (Å²) in [6.07, 6.45) is 4.47. The first-order chi connectivity index (χ1) is 8.24. The van der Waals surface area contributed by atoms with Crippen molar-refractivity contribution in [2.24, 2.45) is 5.92 Å². The van der Waals surface area contributed by atoms with Crippen LogP contribution in [0.15, 0.2) is 0 Å². The number of fused-ring (bicyclic) bond motifs is 1. The van der Waals surface area contributed by atoms with Gasteiger partial charge >= 0.3 is 0 Å². The van der Waals surface area contributed by atoms with Crippen molar-refractivity contribution < 1.29 is 4.74 Å². The average molecular weight is 240 g/mol. The summed E-state index contributed by atoms with van der Waals surface area (Å²) in [5.74, 6) is 0.716. The number of hydrogen-bond donors (Lipinski definition) is 1. The third kappa shape index (κ3) is 3.01. The molecule has 3 heteroatoms. The number of nitrogens with one attached hydrogen (secondary N) is 1. The summed E-state index contributed by atoms with van der Waals surface area (Å²) in [6.45, 7) is 11.1. The minimum atomic E-state index is 0.520. The molecule has 0 amide bonds. The third-order valence-electron chi connectivity index (χ3n) is 4.32. The molecule has 0 aromatic rings. The smallest absolute Gasteiger partial charge is 0.0731 e. The van der Waals surface area contributed by atoms with Crippen LogP contribution < -0.4 is 5.32 Å². The van der Waals surface area contributed by atoms with E-state index < -0.39 is 0 Å². The first-order valence-corrected chi connectivity index (χ1v) is 7.32. The lowest BCUT2D eigenvalue weighted by molar-refractivity contribution is -0.0778. The first-order valence-electron chi connectivity index (χ1n) is 7.32. The van der Waals surface area contributed by atoms with Gasteiger partial charge < -0.3 is 10.1 Å². The van der Waals surface area contributed by atoms with Gasteiger partial charge in [0.15, 0.2) is 0 Å².